The number of carbonyl (C=O) groups is 3. The number of aryl methyl sites for hydroxylation is 1. The SMILES string of the molecule is CC[C@@]1(c2ccccc2)NC(=O)N(CC(=O)N(C)Cc2ccc(C)cc2)C1=O. The molecule has 1 N–H and O–H groups in total. The third kappa shape index (κ3) is 3.63. The van der Waals surface area contributed by atoms with E-state index in [4.69, 9.17) is 0 Å². The van der Waals surface area contributed by atoms with E-state index in [2.05, 4.69) is 5.32 Å². The summed E-state index contributed by atoms with van der Waals surface area (Å²) < 4.78 is 0. The number of nitrogens with one attached hydrogen (secondary N) is 1. The van der Waals surface area contributed by atoms with Crippen LogP contribution in [0, 0.1) is 6.92 Å². The highest BCUT2D eigenvalue weighted by Crippen LogP contribution is 2.32. The number of hydrogen-bond acceptors (Lipinski definition) is 3. The highest BCUT2D eigenvalue weighted by Gasteiger charge is 2.51. The Hall–Kier alpha value is -3.15. The van der Waals surface area contributed by atoms with E-state index in [0.717, 1.165) is 21.6 Å². The van der Waals surface area contributed by atoms with Gasteiger partial charge in [0.25, 0.3) is 5.91 Å². The molecule has 0 saturated carbocycles. The van der Waals surface area contributed by atoms with Crippen LogP contribution in [0.2, 0.25) is 0 Å². The Labute approximate surface area is 165 Å². The van der Waals surface area contributed by atoms with E-state index in [1.165, 1.54) is 4.90 Å². The number of carbonyl (C=O) groups excluding carboxylic acids is 3. The summed E-state index contributed by atoms with van der Waals surface area (Å²) in [7, 11) is 1.67. The molecule has 4 amide bonds. The van der Waals surface area contributed by atoms with Gasteiger partial charge in [0.05, 0.1) is 0 Å². The number of urea groups is 1. The third-order valence-electron chi connectivity index (χ3n) is 5.23. The van der Waals surface area contributed by atoms with Crippen molar-refractivity contribution in [1.82, 2.24) is 15.1 Å². The maximum absolute atomic E-state index is 13.1. The monoisotopic (exact) mass is 379 g/mol. The van der Waals surface area contributed by atoms with Crippen molar-refractivity contribution in [1.29, 1.82) is 0 Å². The molecule has 2 aromatic rings. The van der Waals surface area contributed by atoms with E-state index in [1.54, 1.807) is 7.05 Å². The second-order valence-corrected chi connectivity index (χ2v) is 7.18. The third-order valence-corrected chi connectivity index (χ3v) is 5.23. The van der Waals surface area contributed by atoms with Crippen LogP contribution in [0.3, 0.4) is 0 Å². The van der Waals surface area contributed by atoms with Gasteiger partial charge in [0, 0.05) is 13.6 Å². The molecule has 146 valence electrons. The lowest BCUT2D eigenvalue weighted by molar-refractivity contribution is -0.138. The van der Waals surface area contributed by atoms with Crippen molar-refractivity contribution in [3.8, 4) is 0 Å². The van der Waals surface area contributed by atoms with Gasteiger partial charge < -0.3 is 10.2 Å². The Morgan fingerprint density at radius 1 is 1.07 bits per heavy atom. The molecule has 0 radical (unpaired) electrons. The Bertz CT molecular complexity index is 880. The van der Waals surface area contributed by atoms with E-state index >= 15 is 0 Å². The molecule has 1 aliphatic heterocycles. The summed E-state index contributed by atoms with van der Waals surface area (Å²) in [5.41, 5.74) is 1.74. The summed E-state index contributed by atoms with van der Waals surface area (Å²) in [6.07, 6.45) is 0.408. The molecule has 2 aromatic carbocycles. The van der Waals surface area contributed by atoms with Crippen LogP contribution in [0.15, 0.2) is 54.6 Å². The van der Waals surface area contributed by atoms with Crippen molar-refractivity contribution in [2.45, 2.75) is 32.4 Å². The predicted molar refractivity (Wildman–Crippen MR) is 106 cm³/mol. The van der Waals surface area contributed by atoms with Crippen LogP contribution in [0.25, 0.3) is 0 Å². The van der Waals surface area contributed by atoms with Crippen LogP contribution < -0.4 is 5.32 Å². The minimum absolute atomic E-state index is 0.276. The number of amides is 4. The first-order chi connectivity index (χ1) is 13.4. The highest BCUT2D eigenvalue weighted by atomic mass is 16.2. The highest BCUT2D eigenvalue weighted by molar-refractivity contribution is 6.09. The van der Waals surface area contributed by atoms with E-state index in [0.29, 0.717) is 13.0 Å². The van der Waals surface area contributed by atoms with Gasteiger partial charge in [0.15, 0.2) is 0 Å². The molecule has 0 unspecified atom stereocenters. The zero-order valence-corrected chi connectivity index (χ0v) is 16.4. The smallest absolute Gasteiger partial charge is 0.325 e. The molecule has 6 nitrogen and oxygen atoms in total. The molecule has 0 spiro atoms. The van der Waals surface area contributed by atoms with E-state index in [-0.39, 0.29) is 18.4 Å². The van der Waals surface area contributed by atoms with Gasteiger partial charge in [-0.15, -0.1) is 0 Å². The largest absolute Gasteiger partial charge is 0.340 e. The fraction of sp³-hybridized carbons (Fsp3) is 0.318. The summed E-state index contributed by atoms with van der Waals surface area (Å²) in [6.45, 7) is 3.99. The zero-order valence-electron chi connectivity index (χ0n) is 16.4. The lowest BCUT2D eigenvalue weighted by atomic mass is 9.87. The number of likely N-dealkylation sites (N-methyl/N-ethyl adjacent to an activating group) is 1. The first kappa shape index (κ1) is 19.6. The van der Waals surface area contributed by atoms with Gasteiger partial charge in [-0.3, -0.25) is 14.5 Å². The molecule has 1 saturated heterocycles. The standard InChI is InChI=1S/C22H25N3O3/c1-4-22(18-8-6-5-7-9-18)20(27)25(21(28)23-22)15-19(26)24(3)14-17-12-10-16(2)11-13-17/h5-13H,4,14-15H2,1-3H3,(H,23,28)/t22-/m0/s1. The van der Waals surface area contributed by atoms with Gasteiger partial charge >= 0.3 is 6.03 Å². The molecule has 1 fully saturated rings. The Kier molecular flexibility index (Phi) is 5.49. The second-order valence-electron chi connectivity index (χ2n) is 7.18. The number of nitrogens with zero attached hydrogens (tertiary/aromatic N) is 2. The molecule has 28 heavy (non-hydrogen) atoms. The van der Waals surface area contributed by atoms with Crippen LogP contribution in [0.4, 0.5) is 4.79 Å². The van der Waals surface area contributed by atoms with Gasteiger partial charge in [0.2, 0.25) is 5.91 Å². The van der Waals surface area contributed by atoms with Gasteiger partial charge in [0.1, 0.15) is 12.1 Å². The minimum atomic E-state index is -1.12. The molecule has 0 aliphatic carbocycles. The number of rotatable bonds is 6. The Balaban J connectivity index is 1.73. The topological polar surface area (TPSA) is 69.7 Å². The molecule has 3 rings (SSSR count). The van der Waals surface area contributed by atoms with Crippen LogP contribution in [-0.4, -0.2) is 41.2 Å². The summed E-state index contributed by atoms with van der Waals surface area (Å²) in [6, 6.07) is 16.5. The second kappa shape index (κ2) is 7.84. The molecule has 1 aliphatic rings. The van der Waals surface area contributed by atoms with Crippen molar-refractivity contribution < 1.29 is 14.4 Å². The molecular weight excluding hydrogens is 354 g/mol. The first-order valence-electron chi connectivity index (χ1n) is 9.36. The number of hydrogen-bond donors (Lipinski definition) is 1. The Morgan fingerprint density at radius 3 is 2.32 bits per heavy atom. The molecule has 0 bridgehead atoms. The molecule has 1 atom stereocenters. The average Bonchev–Trinajstić information content (AvgIpc) is 2.95. The van der Waals surface area contributed by atoms with Crippen LogP contribution >= 0.6 is 0 Å². The van der Waals surface area contributed by atoms with Gasteiger partial charge in [-0.25, -0.2) is 4.79 Å². The zero-order chi connectivity index (χ0) is 20.3. The molecule has 1 heterocycles. The maximum Gasteiger partial charge on any atom is 0.325 e. The van der Waals surface area contributed by atoms with E-state index in [9.17, 15) is 14.4 Å². The van der Waals surface area contributed by atoms with Gasteiger partial charge in [-0.1, -0.05) is 67.1 Å². The maximum atomic E-state index is 13.1. The lowest BCUT2D eigenvalue weighted by Crippen LogP contribution is -2.45. The van der Waals surface area contributed by atoms with Crippen molar-refractivity contribution in [2.24, 2.45) is 0 Å². The molecule has 6 heteroatoms. The van der Waals surface area contributed by atoms with Gasteiger partial charge in [-0.2, -0.15) is 0 Å². The van der Waals surface area contributed by atoms with E-state index < -0.39 is 11.6 Å². The number of imide groups is 1. The van der Waals surface area contributed by atoms with E-state index in [1.807, 2.05) is 68.4 Å². The summed E-state index contributed by atoms with van der Waals surface area (Å²) in [4.78, 5) is 40.8. The van der Waals surface area contributed by atoms with Crippen molar-refractivity contribution in [3.63, 3.8) is 0 Å². The summed E-state index contributed by atoms with van der Waals surface area (Å²) in [5.74, 6) is -0.674. The first-order valence-corrected chi connectivity index (χ1v) is 9.36. The fourth-order valence-corrected chi connectivity index (χ4v) is 3.44. The predicted octanol–water partition coefficient (Wildman–Crippen LogP) is 2.81. The number of benzene rings is 2. The minimum Gasteiger partial charge on any atom is -0.340 e. The van der Waals surface area contributed by atoms with Crippen LogP contribution in [-0.2, 0) is 21.7 Å². The van der Waals surface area contributed by atoms with Crippen molar-refractivity contribution in [2.75, 3.05) is 13.6 Å². The van der Waals surface area contributed by atoms with Crippen molar-refractivity contribution in [3.05, 3.63) is 71.3 Å². The average molecular weight is 379 g/mol. The van der Waals surface area contributed by atoms with Crippen LogP contribution in [0.1, 0.15) is 30.0 Å². The lowest BCUT2D eigenvalue weighted by Gasteiger charge is -2.26. The fourth-order valence-electron chi connectivity index (χ4n) is 3.44. The normalized spacial score (nSPS) is 18.9. The Morgan fingerprint density at radius 2 is 1.71 bits per heavy atom. The summed E-state index contributed by atoms with van der Waals surface area (Å²) >= 11 is 0. The molecule has 0 aromatic heterocycles. The molecular formula is C22H25N3O3. The van der Waals surface area contributed by atoms with Gasteiger partial charge in [-0.05, 0) is 24.5 Å². The summed E-state index contributed by atoms with van der Waals surface area (Å²) in [5, 5.41) is 2.80. The van der Waals surface area contributed by atoms with Crippen molar-refractivity contribution >= 4 is 17.8 Å². The van der Waals surface area contributed by atoms with Crippen LogP contribution in [0.5, 0.6) is 0 Å². The quantitative estimate of drug-likeness (QED) is 0.785.